The quantitative estimate of drug-likeness (QED) is 0.583. The predicted molar refractivity (Wildman–Crippen MR) is 107 cm³/mol. The van der Waals surface area contributed by atoms with E-state index in [2.05, 4.69) is 29.4 Å². The van der Waals surface area contributed by atoms with E-state index in [9.17, 15) is 4.79 Å². The Kier molecular flexibility index (Phi) is 7.21. The van der Waals surface area contributed by atoms with Gasteiger partial charge in [0.2, 0.25) is 5.91 Å². The Morgan fingerprint density at radius 1 is 1.08 bits per heavy atom. The summed E-state index contributed by atoms with van der Waals surface area (Å²) in [4.78, 5) is 19.6. The molecule has 0 aromatic heterocycles. The molecule has 0 spiro atoms. The van der Waals surface area contributed by atoms with E-state index in [0.717, 1.165) is 63.2 Å². The van der Waals surface area contributed by atoms with Crippen molar-refractivity contribution in [3.63, 3.8) is 0 Å². The average Bonchev–Trinajstić information content (AvgIpc) is 3.32. The van der Waals surface area contributed by atoms with E-state index in [0.29, 0.717) is 17.9 Å². The molecule has 5 nitrogen and oxygen atoms in total. The zero-order valence-corrected chi connectivity index (χ0v) is 16.8. The number of aliphatic imine (C=N–C) groups is 1. The Bertz CT molecular complexity index is 486. The van der Waals surface area contributed by atoms with Crippen molar-refractivity contribution in [3.8, 4) is 0 Å². The van der Waals surface area contributed by atoms with E-state index >= 15 is 0 Å². The Morgan fingerprint density at radius 3 is 2.54 bits per heavy atom. The number of nitrogens with one attached hydrogen (secondary N) is 2. The van der Waals surface area contributed by atoms with Crippen LogP contribution in [-0.2, 0) is 4.79 Å². The molecule has 3 fully saturated rings. The van der Waals surface area contributed by atoms with Crippen molar-refractivity contribution in [1.29, 1.82) is 0 Å². The zero-order chi connectivity index (χ0) is 18.4. The maximum absolute atomic E-state index is 12.6. The SMILES string of the molecule is CCNC(=NCC1CCCCC1C)NC1CCN(C(=O)C2CCCC2)C1. The molecular weight excluding hydrogens is 324 g/mol. The van der Waals surface area contributed by atoms with Gasteiger partial charge in [0, 0.05) is 38.1 Å². The maximum atomic E-state index is 12.6. The average molecular weight is 363 g/mol. The Labute approximate surface area is 159 Å². The molecule has 3 unspecified atom stereocenters. The molecule has 0 aromatic rings. The van der Waals surface area contributed by atoms with Gasteiger partial charge >= 0.3 is 0 Å². The Balaban J connectivity index is 1.49. The third-order valence-electron chi connectivity index (χ3n) is 6.66. The Morgan fingerprint density at radius 2 is 1.81 bits per heavy atom. The van der Waals surface area contributed by atoms with Gasteiger partial charge in [0.05, 0.1) is 0 Å². The first-order valence-electron chi connectivity index (χ1n) is 11.0. The summed E-state index contributed by atoms with van der Waals surface area (Å²) in [5.41, 5.74) is 0. The standard InChI is InChI=1S/C21H38N4O/c1-3-22-21(23-14-18-11-5-4-8-16(18)2)24-19-12-13-25(15-19)20(26)17-9-6-7-10-17/h16-19H,3-15H2,1-2H3,(H2,22,23,24). The summed E-state index contributed by atoms with van der Waals surface area (Å²) in [5, 5.41) is 6.99. The van der Waals surface area contributed by atoms with Gasteiger partial charge in [-0.15, -0.1) is 0 Å². The summed E-state index contributed by atoms with van der Waals surface area (Å²) >= 11 is 0. The summed E-state index contributed by atoms with van der Waals surface area (Å²) in [5.74, 6) is 3.14. The van der Waals surface area contributed by atoms with Crippen LogP contribution in [-0.4, -0.2) is 49.0 Å². The van der Waals surface area contributed by atoms with Gasteiger partial charge in [-0.2, -0.15) is 0 Å². The van der Waals surface area contributed by atoms with Crippen LogP contribution in [0.15, 0.2) is 4.99 Å². The second-order valence-corrected chi connectivity index (χ2v) is 8.64. The third kappa shape index (κ3) is 5.14. The molecule has 1 aliphatic heterocycles. The van der Waals surface area contributed by atoms with Crippen molar-refractivity contribution >= 4 is 11.9 Å². The number of nitrogens with zero attached hydrogens (tertiary/aromatic N) is 2. The van der Waals surface area contributed by atoms with Crippen LogP contribution < -0.4 is 10.6 Å². The van der Waals surface area contributed by atoms with Crippen LogP contribution in [0, 0.1) is 17.8 Å². The summed E-state index contributed by atoms with van der Waals surface area (Å²) in [7, 11) is 0. The minimum Gasteiger partial charge on any atom is -0.357 e. The lowest BCUT2D eigenvalue weighted by Gasteiger charge is -2.27. The number of hydrogen-bond donors (Lipinski definition) is 2. The van der Waals surface area contributed by atoms with Gasteiger partial charge in [0.1, 0.15) is 0 Å². The van der Waals surface area contributed by atoms with E-state index < -0.39 is 0 Å². The topological polar surface area (TPSA) is 56.7 Å². The number of rotatable bonds is 5. The first-order chi connectivity index (χ1) is 12.7. The minimum absolute atomic E-state index is 0.295. The second-order valence-electron chi connectivity index (χ2n) is 8.64. The van der Waals surface area contributed by atoms with Gasteiger partial charge in [0.25, 0.3) is 0 Å². The lowest BCUT2D eigenvalue weighted by molar-refractivity contribution is -0.134. The van der Waals surface area contributed by atoms with Crippen molar-refractivity contribution < 1.29 is 4.79 Å². The fourth-order valence-corrected chi connectivity index (χ4v) is 4.90. The van der Waals surface area contributed by atoms with Crippen molar-refractivity contribution in [3.05, 3.63) is 0 Å². The van der Waals surface area contributed by atoms with Gasteiger partial charge in [0.15, 0.2) is 5.96 Å². The molecule has 0 bridgehead atoms. The molecule has 0 aromatic carbocycles. The van der Waals surface area contributed by atoms with Crippen molar-refractivity contribution in [1.82, 2.24) is 15.5 Å². The van der Waals surface area contributed by atoms with E-state index in [-0.39, 0.29) is 0 Å². The molecule has 1 heterocycles. The first kappa shape index (κ1) is 19.5. The molecule has 1 amide bonds. The molecule has 0 radical (unpaired) electrons. The number of carbonyl (C=O) groups excluding carboxylic acids is 1. The number of hydrogen-bond acceptors (Lipinski definition) is 2. The van der Waals surface area contributed by atoms with Gasteiger partial charge in [-0.05, 0) is 44.4 Å². The zero-order valence-electron chi connectivity index (χ0n) is 16.8. The Hall–Kier alpha value is -1.26. The monoisotopic (exact) mass is 362 g/mol. The number of carbonyl (C=O) groups is 1. The first-order valence-corrected chi connectivity index (χ1v) is 11.0. The highest BCUT2D eigenvalue weighted by atomic mass is 16.2. The van der Waals surface area contributed by atoms with E-state index in [1.165, 1.54) is 38.5 Å². The van der Waals surface area contributed by atoms with Crippen LogP contribution >= 0.6 is 0 Å². The van der Waals surface area contributed by atoms with Crippen molar-refractivity contribution in [2.24, 2.45) is 22.7 Å². The molecule has 2 aliphatic carbocycles. The molecule has 2 saturated carbocycles. The van der Waals surface area contributed by atoms with Gasteiger partial charge in [-0.3, -0.25) is 9.79 Å². The van der Waals surface area contributed by atoms with Crippen molar-refractivity contribution in [2.45, 2.75) is 77.7 Å². The molecule has 5 heteroatoms. The highest BCUT2D eigenvalue weighted by Crippen LogP contribution is 2.30. The second kappa shape index (κ2) is 9.61. The lowest BCUT2D eigenvalue weighted by atomic mass is 9.80. The smallest absolute Gasteiger partial charge is 0.225 e. The van der Waals surface area contributed by atoms with Gasteiger partial charge in [-0.1, -0.05) is 39.0 Å². The van der Waals surface area contributed by atoms with Crippen LogP contribution in [0.4, 0.5) is 0 Å². The van der Waals surface area contributed by atoms with Crippen LogP contribution in [0.5, 0.6) is 0 Å². The normalized spacial score (nSPS) is 30.6. The van der Waals surface area contributed by atoms with Crippen LogP contribution in [0.3, 0.4) is 0 Å². The molecule has 3 rings (SSSR count). The maximum Gasteiger partial charge on any atom is 0.225 e. The molecule has 2 N–H and O–H groups in total. The summed E-state index contributed by atoms with van der Waals surface area (Å²) < 4.78 is 0. The number of guanidine groups is 1. The van der Waals surface area contributed by atoms with Crippen molar-refractivity contribution in [2.75, 3.05) is 26.2 Å². The number of amides is 1. The minimum atomic E-state index is 0.295. The predicted octanol–water partition coefficient (Wildman–Crippen LogP) is 3.16. The summed E-state index contributed by atoms with van der Waals surface area (Å²) in [6.07, 6.45) is 11.1. The summed E-state index contributed by atoms with van der Waals surface area (Å²) in [6, 6.07) is 0.335. The molecule has 3 atom stereocenters. The van der Waals surface area contributed by atoms with E-state index in [4.69, 9.17) is 4.99 Å². The summed E-state index contributed by atoms with van der Waals surface area (Å²) in [6.45, 7) is 8.03. The van der Waals surface area contributed by atoms with Crippen LogP contribution in [0.25, 0.3) is 0 Å². The van der Waals surface area contributed by atoms with E-state index in [1.54, 1.807) is 0 Å². The lowest BCUT2D eigenvalue weighted by Crippen LogP contribution is -2.45. The molecular formula is C21H38N4O. The largest absolute Gasteiger partial charge is 0.357 e. The number of likely N-dealkylation sites (tertiary alicyclic amines) is 1. The van der Waals surface area contributed by atoms with Crippen LogP contribution in [0.1, 0.15) is 71.6 Å². The molecule has 148 valence electrons. The molecule has 1 saturated heterocycles. The fraction of sp³-hybridized carbons (Fsp3) is 0.905. The molecule has 26 heavy (non-hydrogen) atoms. The highest BCUT2D eigenvalue weighted by Gasteiger charge is 2.32. The van der Waals surface area contributed by atoms with Gasteiger partial charge < -0.3 is 15.5 Å². The third-order valence-corrected chi connectivity index (χ3v) is 6.66. The fourth-order valence-electron chi connectivity index (χ4n) is 4.90. The van der Waals surface area contributed by atoms with Gasteiger partial charge in [-0.25, -0.2) is 0 Å². The van der Waals surface area contributed by atoms with Crippen LogP contribution in [0.2, 0.25) is 0 Å². The van der Waals surface area contributed by atoms with E-state index in [1.807, 2.05) is 0 Å². The molecule has 3 aliphatic rings. The highest BCUT2D eigenvalue weighted by molar-refractivity contribution is 5.81.